The summed E-state index contributed by atoms with van der Waals surface area (Å²) in [5.74, 6) is 2.14. The van der Waals surface area contributed by atoms with E-state index in [0.717, 1.165) is 49.7 Å². The molecule has 132 valence electrons. The molecule has 6 heteroatoms. The zero-order chi connectivity index (χ0) is 17.2. The van der Waals surface area contributed by atoms with Crippen LogP contribution in [0.25, 0.3) is 0 Å². The SMILES string of the molecule is C[C@H](NCc1nnc2n1CCCC2)C(=O)N1CCCc2ccccc21. The lowest BCUT2D eigenvalue weighted by molar-refractivity contribution is -0.120. The van der Waals surface area contributed by atoms with Crippen molar-refractivity contribution in [3.63, 3.8) is 0 Å². The number of anilines is 1. The second kappa shape index (κ2) is 6.96. The Morgan fingerprint density at radius 2 is 2.04 bits per heavy atom. The van der Waals surface area contributed by atoms with Crippen LogP contribution in [0.3, 0.4) is 0 Å². The second-order valence-electron chi connectivity index (χ2n) is 6.97. The Balaban J connectivity index is 1.42. The third-order valence-electron chi connectivity index (χ3n) is 5.25. The molecule has 25 heavy (non-hydrogen) atoms. The molecule has 1 aromatic heterocycles. The summed E-state index contributed by atoms with van der Waals surface area (Å²) in [6.45, 7) is 4.30. The first-order valence-electron chi connectivity index (χ1n) is 9.27. The molecular weight excluding hydrogens is 314 g/mol. The molecule has 0 radical (unpaired) electrons. The number of hydrogen-bond donors (Lipinski definition) is 1. The summed E-state index contributed by atoms with van der Waals surface area (Å²) in [4.78, 5) is 14.9. The van der Waals surface area contributed by atoms with Crippen LogP contribution < -0.4 is 10.2 Å². The van der Waals surface area contributed by atoms with Crippen molar-refractivity contribution in [1.82, 2.24) is 20.1 Å². The van der Waals surface area contributed by atoms with Gasteiger partial charge in [0.05, 0.1) is 12.6 Å². The topological polar surface area (TPSA) is 63.1 Å². The predicted octanol–water partition coefficient (Wildman–Crippen LogP) is 2.07. The number of nitrogens with zero attached hydrogens (tertiary/aromatic N) is 4. The largest absolute Gasteiger partial charge is 0.314 e. The zero-order valence-corrected chi connectivity index (χ0v) is 14.7. The average Bonchev–Trinajstić information content (AvgIpc) is 3.08. The molecule has 1 atom stereocenters. The van der Waals surface area contributed by atoms with Crippen LogP contribution in [0.4, 0.5) is 5.69 Å². The van der Waals surface area contributed by atoms with E-state index in [1.54, 1.807) is 0 Å². The molecule has 2 aliphatic heterocycles. The second-order valence-corrected chi connectivity index (χ2v) is 6.97. The third-order valence-corrected chi connectivity index (χ3v) is 5.25. The average molecular weight is 339 g/mol. The van der Waals surface area contributed by atoms with Gasteiger partial charge in [0, 0.05) is 25.2 Å². The van der Waals surface area contributed by atoms with Gasteiger partial charge in [-0.15, -0.1) is 10.2 Å². The summed E-state index contributed by atoms with van der Waals surface area (Å²) in [6, 6.07) is 7.97. The standard InChI is InChI=1S/C19H25N5O/c1-14(20-13-18-22-21-17-10-4-5-11-24(17)18)19(25)23-12-6-8-15-7-2-3-9-16(15)23/h2-3,7,9,14,20H,4-6,8,10-13H2,1H3/t14-/m0/s1. The highest BCUT2D eigenvalue weighted by atomic mass is 16.2. The zero-order valence-electron chi connectivity index (χ0n) is 14.7. The first kappa shape index (κ1) is 16.3. The van der Waals surface area contributed by atoms with Gasteiger partial charge < -0.3 is 9.47 Å². The minimum absolute atomic E-state index is 0.130. The molecule has 0 aliphatic carbocycles. The monoisotopic (exact) mass is 339 g/mol. The van der Waals surface area contributed by atoms with Crippen LogP contribution in [0.5, 0.6) is 0 Å². The normalized spacial score (nSPS) is 17.7. The van der Waals surface area contributed by atoms with Crippen LogP contribution in [-0.4, -0.2) is 33.3 Å². The van der Waals surface area contributed by atoms with Crippen molar-refractivity contribution in [2.45, 2.75) is 58.2 Å². The van der Waals surface area contributed by atoms with Gasteiger partial charge in [-0.3, -0.25) is 10.1 Å². The summed E-state index contributed by atoms with van der Waals surface area (Å²) in [6.07, 6.45) is 5.44. The van der Waals surface area contributed by atoms with E-state index >= 15 is 0 Å². The maximum absolute atomic E-state index is 12.9. The Labute approximate surface area is 148 Å². The van der Waals surface area contributed by atoms with Crippen LogP contribution in [0.2, 0.25) is 0 Å². The van der Waals surface area contributed by atoms with Crippen LogP contribution in [0.15, 0.2) is 24.3 Å². The Hall–Kier alpha value is -2.21. The fourth-order valence-electron chi connectivity index (χ4n) is 3.83. The first-order valence-corrected chi connectivity index (χ1v) is 9.27. The molecule has 0 unspecified atom stereocenters. The number of carbonyl (C=O) groups excluding carboxylic acids is 1. The van der Waals surface area contributed by atoms with E-state index < -0.39 is 0 Å². The summed E-state index contributed by atoms with van der Waals surface area (Å²) in [5, 5.41) is 11.9. The Kier molecular flexibility index (Phi) is 4.53. The smallest absolute Gasteiger partial charge is 0.243 e. The van der Waals surface area contributed by atoms with E-state index in [-0.39, 0.29) is 11.9 Å². The number of aryl methyl sites for hydroxylation is 2. The van der Waals surface area contributed by atoms with Crippen LogP contribution in [-0.2, 0) is 30.7 Å². The van der Waals surface area contributed by atoms with Gasteiger partial charge in [-0.2, -0.15) is 0 Å². The van der Waals surface area contributed by atoms with E-state index in [1.165, 1.54) is 18.4 Å². The molecule has 0 saturated heterocycles. The minimum Gasteiger partial charge on any atom is -0.314 e. The van der Waals surface area contributed by atoms with Gasteiger partial charge >= 0.3 is 0 Å². The minimum atomic E-state index is -0.248. The molecule has 1 aromatic carbocycles. The summed E-state index contributed by atoms with van der Waals surface area (Å²) in [5.41, 5.74) is 2.33. The van der Waals surface area contributed by atoms with Gasteiger partial charge in [0.1, 0.15) is 11.6 Å². The fourth-order valence-corrected chi connectivity index (χ4v) is 3.83. The Bertz CT molecular complexity index is 769. The van der Waals surface area contributed by atoms with Crippen molar-refractivity contribution < 1.29 is 4.79 Å². The molecule has 2 aliphatic rings. The van der Waals surface area contributed by atoms with E-state index in [4.69, 9.17) is 0 Å². The van der Waals surface area contributed by atoms with Crippen molar-refractivity contribution in [1.29, 1.82) is 0 Å². The molecule has 6 nitrogen and oxygen atoms in total. The lowest BCUT2D eigenvalue weighted by Gasteiger charge is -2.31. The van der Waals surface area contributed by atoms with Gasteiger partial charge in [0.2, 0.25) is 5.91 Å². The number of nitrogens with one attached hydrogen (secondary N) is 1. The number of aromatic nitrogens is 3. The van der Waals surface area contributed by atoms with E-state index in [1.807, 2.05) is 30.0 Å². The highest BCUT2D eigenvalue weighted by molar-refractivity contribution is 5.97. The maximum atomic E-state index is 12.9. The van der Waals surface area contributed by atoms with Gasteiger partial charge in [0.25, 0.3) is 0 Å². The third kappa shape index (κ3) is 3.18. The predicted molar refractivity (Wildman–Crippen MR) is 96.4 cm³/mol. The number of amides is 1. The molecule has 0 bridgehead atoms. The molecule has 1 amide bonds. The van der Waals surface area contributed by atoms with Gasteiger partial charge in [0.15, 0.2) is 0 Å². The molecule has 3 heterocycles. The molecule has 0 fully saturated rings. The van der Waals surface area contributed by atoms with Gasteiger partial charge in [-0.1, -0.05) is 18.2 Å². The van der Waals surface area contributed by atoms with Crippen molar-refractivity contribution >= 4 is 11.6 Å². The highest BCUT2D eigenvalue weighted by Gasteiger charge is 2.26. The molecule has 2 aromatic rings. The van der Waals surface area contributed by atoms with Gasteiger partial charge in [-0.05, 0) is 44.2 Å². The lowest BCUT2D eigenvalue weighted by Crippen LogP contribution is -2.47. The Morgan fingerprint density at radius 3 is 2.96 bits per heavy atom. The maximum Gasteiger partial charge on any atom is 0.243 e. The van der Waals surface area contributed by atoms with Gasteiger partial charge in [-0.25, -0.2) is 0 Å². The van der Waals surface area contributed by atoms with Crippen LogP contribution in [0, 0.1) is 0 Å². The quantitative estimate of drug-likeness (QED) is 0.926. The number of para-hydroxylation sites is 1. The summed E-state index contributed by atoms with van der Waals surface area (Å²) >= 11 is 0. The van der Waals surface area contributed by atoms with Crippen molar-refractivity contribution in [2.24, 2.45) is 0 Å². The molecule has 1 N–H and O–H groups in total. The summed E-state index contributed by atoms with van der Waals surface area (Å²) in [7, 11) is 0. The van der Waals surface area contributed by atoms with Crippen molar-refractivity contribution in [3.8, 4) is 0 Å². The van der Waals surface area contributed by atoms with E-state index in [9.17, 15) is 4.79 Å². The van der Waals surface area contributed by atoms with Crippen LogP contribution >= 0.6 is 0 Å². The molecular formula is C19H25N5O. The number of hydrogen-bond acceptors (Lipinski definition) is 4. The molecule has 0 saturated carbocycles. The Morgan fingerprint density at radius 1 is 1.16 bits per heavy atom. The van der Waals surface area contributed by atoms with E-state index in [2.05, 4.69) is 26.1 Å². The van der Waals surface area contributed by atoms with Crippen LogP contribution in [0.1, 0.15) is 43.4 Å². The molecule has 4 rings (SSSR count). The fraction of sp³-hybridized carbons (Fsp3) is 0.526. The number of benzene rings is 1. The highest BCUT2D eigenvalue weighted by Crippen LogP contribution is 2.27. The first-order chi connectivity index (χ1) is 12.2. The number of rotatable bonds is 4. The number of carbonyl (C=O) groups is 1. The van der Waals surface area contributed by atoms with Crippen molar-refractivity contribution in [3.05, 3.63) is 41.5 Å². The van der Waals surface area contributed by atoms with E-state index in [0.29, 0.717) is 6.54 Å². The van der Waals surface area contributed by atoms with Crippen molar-refractivity contribution in [2.75, 3.05) is 11.4 Å². The lowest BCUT2D eigenvalue weighted by atomic mass is 10.0. The molecule has 0 spiro atoms. The summed E-state index contributed by atoms with van der Waals surface area (Å²) < 4.78 is 2.20. The number of fused-ring (bicyclic) bond motifs is 2.